The summed E-state index contributed by atoms with van der Waals surface area (Å²) >= 11 is 0. The van der Waals surface area contributed by atoms with Crippen molar-refractivity contribution >= 4 is 7.60 Å². The second kappa shape index (κ2) is 10.2. The lowest BCUT2D eigenvalue weighted by Crippen LogP contribution is -2.39. The van der Waals surface area contributed by atoms with Crippen molar-refractivity contribution in [3.8, 4) is 0 Å². The van der Waals surface area contributed by atoms with E-state index < -0.39 is 7.60 Å². The van der Waals surface area contributed by atoms with Crippen molar-refractivity contribution in [1.82, 2.24) is 4.90 Å². The number of likely N-dealkylation sites (N-methyl/N-ethyl adjacent to an activating group) is 1. The molecular formula is C9H24NO5P. The molecule has 0 aliphatic carbocycles. The van der Waals surface area contributed by atoms with Gasteiger partial charge in [-0.15, -0.1) is 0 Å². The number of aliphatic hydroxyl groups excluding tert-OH is 2. The Morgan fingerprint density at radius 1 is 1.25 bits per heavy atom. The van der Waals surface area contributed by atoms with E-state index in [1.165, 1.54) is 0 Å². The van der Waals surface area contributed by atoms with Crippen LogP contribution in [-0.4, -0.2) is 63.9 Å². The van der Waals surface area contributed by atoms with E-state index >= 15 is 0 Å². The molecule has 4 N–H and O–H groups in total. The van der Waals surface area contributed by atoms with E-state index in [2.05, 4.69) is 4.90 Å². The summed E-state index contributed by atoms with van der Waals surface area (Å²) in [5, 5.41) is 17.6. The molecule has 0 rings (SSSR count). The predicted octanol–water partition coefficient (Wildman–Crippen LogP) is -0.135. The van der Waals surface area contributed by atoms with Crippen molar-refractivity contribution in [2.24, 2.45) is 0 Å². The molecule has 0 aromatic rings. The standard InChI is InChI=1S/C8H19NO2.CH5O3P/c1-3-8(7-11)9(4-2)5-6-10;1-5(2,3)4/h8,10-11H,3-7H2,1-2H3;1H3,(H2,2,3,4). The van der Waals surface area contributed by atoms with Crippen LogP contribution in [0.25, 0.3) is 0 Å². The van der Waals surface area contributed by atoms with Crippen LogP contribution in [0.15, 0.2) is 0 Å². The molecule has 16 heavy (non-hydrogen) atoms. The zero-order chi connectivity index (χ0) is 13.2. The Hall–Kier alpha value is 0.0300. The summed E-state index contributed by atoms with van der Waals surface area (Å²) in [5.41, 5.74) is 0. The van der Waals surface area contributed by atoms with Gasteiger partial charge in [0.2, 0.25) is 0 Å². The minimum Gasteiger partial charge on any atom is -0.395 e. The van der Waals surface area contributed by atoms with Crippen molar-refractivity contribution in [3.63, 3.8) is 0 Å². The second-order valence-electron chi connectivity index (χ2n) is 3.43. The molecule has 0 heterocycles. The molecule has 0 radical (unpaired) electrons. The topological polar surface area (TPSA) is 101 Å². The molecule has 0 amide bonds. The molecule has 1 atom stereocenters. The third-order valence-corrected chi connectivity index (χ3v) is 1.99. The van der Waals surface area contributed by atoms with Crippen LogP contribution in [0.3, 0.4) is 0 Å². The molecular weight excluding hydrogens is 233 g/mol. The summed E-state index contributed by atoms with van der Waals surface area (Å²) < 4.78 is 9.33. The van der Waals surface area contributed by atoms with Crippen molar-refractivity contribution in [1.29, 1.82) is 0 Å². The van der Waals surface area contributed by atoms with Gasteiger partial charge in [-0.2, -0.15) is 0 Å². The van der Waals surface area contributed by atoms with Crippen LogP contribution in [0.4, 0.5) is 0 Å². The second-order valence-corrected chi connectivity index (χ2v) is 5.10. The van der Waals surface area contributed by atoms with Gasteiger partial charge in [0.15, 0.2) is 0 Å². The predicted molar refractivity (Wildman–Crippen MR) is 63.5 cm³/mol. The number of rotatable bonds is 6. The van der Waals surface area contributed by atoms with Crippen LogP contribution in [0.5, 0.6) is 0 Å². The van der Waals surface area contributed by atoms with Gasteiger partial charge in [-0.3, -0.25) is 9.46 Å². The van der Waals surface area contributed by atoms with Crippen LogP contribution >= 0.6 is 7.60 Å². The molecule has 0 spiro atoms. The van der Waals surface area contributed by atoms with Gasteiger partial charge in [0.25, 0.3) is 0 Å². The average molecular weight is 257 g/mol. The summed E-state index contributed by atoms with van der Waals surface area (Å²) in [7, 11) is -3.64. The number of aliphatic hydroxyl groups is 2. The fourth-order valence-electron chi connectivity index (χ4n) is 1.23. The zero-order valence-corrected chi connectivity index (χ0v) is 11.1. The third kappa shape index (κ3) is 14.0. The molecule has 0 bridgehead atoms. The maximum Gasteiger partial charge on any atom is 0.322 e. The molecule has 6 nitrogen and oxygen atoms in total. The molecule has 0 aliphatic rings. The largest absolute Gasteiger partial charge is 0.395 e. The molecule has 7 heteroatoms. The summed E-state index contributed by atoms with van der Waals surface area (Å²) in [5.74, 6) is 0. The molecule has 1 unspecified atom stereocenters. The van der Waals surface area contributed by atoms with E-state index in [0.717, 1.165) is 19.6 Å². The van der Waals surface area contributed by atoms with Gasteiger partial charge in [-0.1, -0.05) is 13.8 Å². The van der Waals surface area contributed by atoms with E-state index in [-0.39, 0.29) is 19.3 Å². The van der Waals surface area contributed by atoms with Gasteiger partial charge in [-0.05, 0) is 13.0 Å². The van der Waals surface area contributed by atoms with Crippen LogP contribution in [0.1, 0.15) is 20.3 Å². The Kier molecular flexibility index (Phi) is 11.7. The van der Waals surface area contributed by atoms with Crippen molar-refractivity contribution in [2.75, 3.05) is 33.0 Å². The Bertz CT molecular complexity index is 184. The normalized spacial score (nSPS) is 13.2. The lowest BCUT2D eigenvalue weighted by molar-refractivity contribution is 0.104. The first-order valence-electron chi connectivity index (χ1n) is 5.28. The van der Waals surface area contributed by atoms with Gasteiger partial charge in [-0.25, -0.2) is 0 Å². The first-order valence-corrected chi connectivity index (χ1v) is 7.34. The minimum absolute atomic E-state index is 0.171. The number of hydrogen-bond donors (Lipinski definition) is 4. The van der Waals surface area contributed by atoms with Gasteiger partial charge < -0.3 is 20.0 Å². The van der Waals surface area contributed by atoms with E-state index in [0.29, 0.717) is 6.54 Å². The van der Waals surface area contributed by atoms with Crippen LogP contribution in [0.2, 0.25) is 0 Å². The lowest BCUT2D eigenvalue weighted by Gasteiger charge is -2.27. The smallest absolute Gasteiger partial charge is 0.322 e. The Morgan fingerprint density at radius 3 is 1.88 bits per heavy atom. The quantitative estimate of drug-likeness (QED) is 0.494. The first kappa shape index (κ1) is 18.4. The first-order chi connectivity index (χ1) is 7.29. The maximum absolute atomic E-state index is 9.33. The van der Waals surface area contributed by atoms with Gasteiger partial charge >= 0.3 is 7.60 Å². The molecule has 0 aromatic heterocycles. The molecule has 0 aliphatic heterocycles. The fraction of sp³-hybridized carbons (Fsp3) is 1.00. The third-order valence-electron chi connectivity index (χ3n) is 1.99. The molecule has 0 fully saturated rings. The highest BCUT2D eigenvalue weighted by Crippen LogP contribution is 2.26. The highest BCUT2D eigenvalue weighted by molar-refractivity contribution is 7.50. The molecule has 0 aromatic carbocycles. The highest BCUT2D eigenvalue weighted by atomic mass is 31.2. The van der Waals surface area contributed by atoms with Crippen molar-refractivity contribution in [3.05, 3.63) is 0 Å². The summed E-state index contributed by atoms with van der Waals surface area (Å²) in [6.45, 7) is 6.84. The van der Waals surface area contributed by atoms with E-state index in [1.807, 2.05) is 13.8 Å². The summed E-state index contributed by atoms with van der Waals surface area (Å²) in [6.07, 6.45) is 0.935. The number of hydrogen-bond acceptors (Lipinski definition) is 4. The molecule has 0 saturated carbocycles. The van der Waals surface area contributed by atoms with Crippen LogP contribution in [0, 0.1) is 0 Å². The van der Waals surface area contributed by atoms with Gasteiger partial charge in [0, 0.05) is 19.3 Å². The van der Waals surface area contributed by atoms with Crippen molar-refractivity contribution in [2.45, 2.75) is 26.3 Å². The van der Waals surface area contributed by atoms with E-state index in [1.54, 1.807) is 0 Å². The molecule has 0 saturated heterocycles. The van der Waals surface area contributed by atoms with Crippen LogP contribution in [-0.2, 0) is 4.57 Å². The van der Waals surface area contributed by atoms with Gasteiger partial charge in [0.1, 0.15) is 0 Å². The SMILES string of the molecule is CCC(CO)N(CC)CCO.CP(=O)(O)O. The zero-order valence-electron chi connectivity index (χ0n) is 10.2. The average Bonchev–Trinajstić information content (AvgIpc) is 2.15. The minimum atomic E-state index is -3.64. The van der Waals surface area contributed by atoms with Gasteiger partial charge in [0.05, 0.1) is 13.2 Å². The Balaban J connectivity index is 0. The Labute approximate surface area is 97.1 Å². The Morgan fingerprint density at radius 2 is 1.69 bits per heavy atom. The summed E-state index contributed by atoms with van der Waals surface area (Å²) in [6, 6.07) is 0.215. The van der Waals surface area contributed by atoms with E-state index in [9.17, 15) is 4.57 Å². The highest BCUT2D eigenvalue weighted by Gasteiger charge is 2.12. The molecule has 100 valence electrons. The monoisotopic (exact) mass is 257 g/mol. The van der Waals surface area contributed by atoms with E-state index in [4.69, 9.17) is 20.0 Å². The maximum atomic E-state index is 9.33. The summed E-state index contributed by atoms with van der Waals surface area (Å²) in [4.78, 5) is 17.3. The lowest BCUT2D eigenvalue weighted by atomic mass is 10.2. The fourth-order valence-corrected chi connectivity index (χ4v) is 1.23. The van der Waals surface area contributed by atoms with Crippen LogP contribution < -0.4 is 0 Å². The number of nitrogens with zero attached hydrogens (tertiary/aromatic N) is 1. The van der Waals surface area contributed by atoms with Crippen molar-refractivity contribution < 1.29 is 24.6 Å².